The lowest BCUT2D eigenvalue weighted by molar-refractivity contribution is 0.0704. The minimum absolute atomic E-state index is 0. The third kappa shape index (κ3) is 3.62. The maximum absolute atomic E-state index is 12.5. The molecule has 2 aliphatic rings. The molecule has 1 aromatic heterocycles. The molecule has 0 radical (unpaired) electrons. The number of hydrogen-bond donors (Lipinski definition) is 1. The van der Waals surface area contributed by atoms with Crippen LogP contribution in [0.25, 0.3) is 0 Å². The van der Waals surface area contributed by atoms with E-state index in [4.69, 9.17) is 10.3 Å². The van der Waals surface area contributed by atoms with Crippen molar-refractivity contribution < 1.29 is 9.32 Å². The number of halogens is 1. The largest absolute Gasteiger partial charge is 0.339 e. The van der Waals surface area contributed by atoms with E-state index >= 15 is 0 Å². The molecule has 1 aromatic carbocycles. The van der Waals surface area contributed by atoms with E-state index in [2.05, 4.69) is 10.1 Å². The van der Waals surface area contributed by atoms with Crippen molar-refractivity contribution in [1.29, 1.82) is 0 Å². The highest BCUT2D eigenvalue weighted by Crippen LogP contribution is 2.36. The number of hydrogen-bond acceptors (Lipinski definition) is 5. The molecule has 2 N–H and O–H groups in total. The second-order valence-corrected chi connectivity index (χ2v) is 7.25. The second-order valence-electron chi connectivity index (χ2n) is 7.25. The van der Waals surface area contributed by atoms with Crippen LogP contribution in [-0.4, -0.2) is 34.0 Å². The summed E-state index contributed by atoms with van der Waals surface area (Å²) in [6.45, 7) is 1.42. The van der Waals surface area contributed by atoms with Gasteiger partial charge in [-0.25, -0.2) is 0 Å². The Balaban J connectivity index is 0.00000196. The summed E-state index contributed by atoms with van der Waals surface area (Å²) in [4.78, 5) is 19.0. The molecule has 0 spiro atoms. The fraction of sp³-hybridized carbons (Fsp3) is 0.526. The monoisotopic (exact) mass is 376 g/mol. The minimum Gasteiger partial charge on any atom is -0.339 e. The van der Waals surface area contributed by atoms with Crippen LogP contribution in [0.2, 0.25) is 0 Å². The molecule has 140 valence electrons. The lowest BCUT2D eigenvalue weighted by Crippen LogP contribution is -2.38. The average Bonchev–Trinajstić information content (AvgIpc) is 3.32. The van der Waals surface area contributed by atoms with Crippen molar-refractivity contribution in [3.63, 3.8) is 0 Å². The highest BCUT2D eigenvalue weighted by atomic mass is 35.5. The quantitative estimate of drug-likeness (QED) is 0.888. The summed E-state index contributed by atoms with van der Waals surface area (Å²) in [5.41, 5.74) is 6.74. The molecular weight excluding hydrogens is 352 g/mol. The number of benzene rings is 1. The Morgan fingerprint density at radius 2 is 1.81 bits per heavy atom. The number of nitrogens with zero attached hydrogens (tertiary/aromatic N) is 3. The summed E-state index contributed by atoms with van der Waals surface area (Å²) in [6.07, 6.45) is 5.79. The van der Waals surface area contributed by atoms with Gasteiger partial charge < -0.3 is 15.2 Å². The van der Waals surface area contributed by atoms with Crippen molar-refractivity contribution >= 4 is 18.3 Å². The molecule has 4 rings (SSSR count). The predicted octanol–water partition coefficient (Wildman–Crippen LogP) is 3.24. The van der Waals surface area contributed by atoms with Gasteiger partial charge in [-0.05, 0) is 37.8 Å². The topological polar surface area (TPSA) is 85.2 Å². The number of nitrogens with two attached hydrogens (primary N) is 1. The third-order valence-corrected chi connectivity index (χ3v) is 5.53. The third-order valence-electron chi connectivity index (χ3n) is 5.53. The van der Waals surface area contributed by atoms with E-state index < -0.39 is 5.54 Å². The Hall–Kier alpha value is -1.92. The van der Waals surface area contributed by atoms with E-state index in [1.54, 1.807) is 0 Å². The summed E-state index contributed by atoms with van der Waals surface area (Å²) >= 11 is 0. The molecule has 1 saturated carbocycles. The lowest BCUT2D eigenvalue weighted by atomic mass is 9.95. The van der Waals surface area contributed by atoms with Crippen LogP contribution < -0.4 is 5.73 Å². The van der Waals surface area contributed by atoms with Gasteiger partial charge in [0.2, 0.25) is 5.89 Å². The smallest absolute Gasteiger partial charge is 0.253 e. The highest BCUT2D eigenvalue weighted by Gasteiger charge is 2.37. The van der Waals surface area contributed by atoms with E-state index in [-0.39, 0.29) is 24.2 Å². The molecule has 1 aliphatic heterocycles. The fourth-order valence-corrected chi connectivity index (χ4v) is 3.93. The molecule has 2 aromatic rings. The number of aromatic nitrogens is 2. The average molecular weight is 377 g/mol. The number of amides is 1. The van der Waals surface area contributed by atoms with Crippen molar-refractivity contribution in [2.24, 2.45) is 5.73 Å². The molecule has 0 atom stereocenters. The minimum atomic E-state index is -0.411. The van der Waals surface area contributed by atoms with E-state index in [9.17, 15) is 4.79 Å². The maximum atomic E-state index is 12.5. The first kappa shape index (κ1) is 18.9. The lowest BCUT2D eigenvalue weighted by Gasteiger charge is -2.30. The number of likely N-dealkylation sites (tertiary alicyclic amines) is 1. The van der Waals surface area contributed by atoms with Crippen LogP contribution in [0.5, 0.6) is 0 Å². The van der Waals surface area contributed by atoms with Crippen LogP contribution in [0.1, 0.15) is 66.5 Å². The molecule has 6 nitrogen and oxygen atoms in total. The number of rotatable bonds is 3. The van der Waals surface area contributed by atoms with E-state index in [1.807, 2.05) is 35.2 Å². The molecule has 7 heteroatoms. The van der Waals surface area contributed by atoms with Gasteiger partial charge in [-0.3, -0.25) is 4.79 Å². The second kappa shape index (κ2) is 7.76. The zero-order chi connectivity index (χ0) is 17.3. The van der Waals surface area contributed by atoms with Gasteiger partial charge in [0.1, 0.15) is 0 Å². The van der Waals surface area contributed by atoms with Crippen LogP contribution in [-0.2, 0) is 5.54 Å². The zero-order valence-corrected chi connectivity index (χ0v) is 15.6. The Morgan fingerprint density at radius 1 is 1.15 bits per heavy atom. The van der Waals surface area contributed by atoms with Crippen LogP contribution in [0, 0.1) is 0 Å². The van der Waals surface area contributed by atoms with Crippen LogP contribution in [0.4, 0.5) is 0 Å². The molecular formula is C19H25ClN4O2. The summed E-state index contributed by atoms with van der Waals surface area (Å²) in [5.74, 6) is 1.64. The van der Waals surface area contributed by atoms with Crippen LogP contribution in [0.15, 0.2) is 34.9 Å². The Kier molecular flexibility index (Phi) is 5.63. The first-order chi connectivity index (χ1) is 12.2. The maximum Gasteiger partial charge on any atom is 0.253 e. The summed E-state index contributed by atoms with van der Waals surface area (Å²) in [6, 6.07) is 9.43. The molecule has 2 fully saturated rings. The summed E-state index contributed by atoms with van der Waals surface area (Å²) in [5, 5.41) is 4.16. The van der Waals surface area contributed by atoms with Crippen molar-refractivity contribution in [1.82, 2.24) is 15.0 Å². The summed E-state index contributed by atoms with van der Waals surface area (Å²) < 4.78 is 5.52. The van der Waals surface area contributed by atoms with Crippen molar-refractivity contribution in [3.05, 3.63) is 47.6 Å². The van der Waals surface area contributed by atoms with Crippen LogP contribution in [0.3, 0.4) is 0 Å². The molecule has 1 amide bonds. The van der Waals surface area contributed by atoms with Gasteiger partial charge in [-0.15, -0.1) is 12.4 Å². The van der Waals surface area contributed by atoms with Gasteiger partial charge in [0, 0.05) is 24.6 Å². The Labute approximate surface area is 159 Å². The van der Waals surface area contributed by atoms with E-state index in [0.29, 0.717) is 24.8 Å². The van der Waals surface area contributed by atoms with E-state index in [0.717, 1.165) is 44.1 Å². The van der Waals surface area contributed by atoms with Crippen molar-refractivity contribution in [2.75, 3.05) is 13.1 Å². The number of piperidine rings is 1. The zero-order valence-electron chi connectivity index (χ0n) is 14.8. The van der Waals surface area contributed by atoms with Crippen molar-refractivity contribution in [3.8, 4) is 0 Å². The van der Waals surface area contributed by atoms with E-state index in [1.165, 1.54) is 0 Å². The van der Waals surface area contributed by atoms with Gasteiger partial charge in [-0.2, -0.15) is 4.98 Å². The summed E-state index contributed by atoms with van der Waals surface area (Å²) in [7, 11) is 0. The molecule has 2 heterocycles. The van der Waals surface area contributed by atoms with Gasteiger partial charge in [0.25, 0.3) is 5.91 Å². The normalized spacial score (nSPS) is 20.0. The van der Waals surface area contributed by atoms with Gasteiger partial charge in [-0.1, -0.05) is 36.2 Å². The SMILES string of the molecule is Cl.NC1(c2noc(C3CCN(C(=O)c4ccccc4)CC3)n2)CCCC1. The van der Waals surface area contributed by atoms with Crippen LogP contribution >= 0.6 is 12.4 Å². The first-order valence-corrected chi connectivity index (χ1v) is 9.13. The van der Waals surface area contributed by atoms with Crippen molar-refractivity contribution in [2.45, 2.75) is 50.0 Å². The molecule has 0 bridgehead atoms. The fourth-order valence-electron chi connectivity index (χ4n) is 3.93. The molecule has 1 saturated heterocycles. The Morgan fingerprint density at radius 3 is 2.46 bits per heavy atom. The predicted molar refractivity (Wildman–Crippen MR) is 100 cm³/mol. The first-order valence-electron chi connectivity index (χ1n) is 9.13. The number of carbonyl (C=O) groups excluding carboxylic acids is 1. The molecule has 0 unspecified atom stereocenters. The van der Waals surface area contributed by atoms with Gasteiger partial charge in [0.15, 0.2) is 5.82 Å². The standard InChI is InChI=1S/C19H24N4O2.ClH/c20-19(10-4-5-11-19)18-21-16(25-22-18)14-8-12-23(13-9-14)17(24)15-6-2-1-3-7-15;/h1-3,6-7,14H,4-5,8-13,20H2;1H. The molecule has 26 heavy (non-hydrogen) atoms. The van der Waals surface area contributed by atoms with Gasteiger partial charge >= 0.3 is 0 Å². The molecule has 1 aliphatic carbocycles. The number of carbonyl (C=O) groups is 1. The highest BCUT2D eigenvalue weighted by molar-refractivity contribution is 5.94. The Bertz CT molecular complexity index is 735. The van der Waals surface area contributed by atoms with Gasteiger partial charge in [0.05, 0.1) is 5.54 Å².